The monoisotopic (exact) mass is 535 g/mol. The van der Waals surface area contributed by atoms with Gasteiger partial charge in [-0.05, 0) is 47.0 Å². The van der Waals surface area contributed by atoms with Gasteiger partial charge in [-0.2, -0.15) is 0 Å². The number of hydrogen-bond acceptors (Lipinski definition) is 4. The third-order valence-electron chi connectivity index (χ3n) is 7.04. The Bertz CT molecular complexity index is 1630. The molecule has 0 unspecified atom stereocenters. The summed E-state index contributed by atoms with van der Waals surface area (Å²) in [5.74, 6) is 1.01. The molecule has 7 heteroatoms. The minimum absolute atomic E-state index is 0.0866. The Kier molecular flexibility index (Phi) is 8.30. The molecule has 0 fully saturated rings. The van der Waals surface area contributed by atoms with Crippen molar-refractivity contribution in [3.63, 3.8) is 0 Å². The lowest BCUT2D eigenvalue weighted by Crippen LogP contribution is -2.47. The fourth-order valence-electron chi connectivity index (χ4n) is 5.01. The quantitative estimate of drug-likeness (QED) is 0.235. The van der Waals surface area contributed by atoms with E-state index in [4.69, 9.17) is 9.47 Å². The van der Waals surface area contributed by atoms with Gasteiger partial charge in [-0.25, -0.2) is 0 Å². The molecule has 5 rings (SSSR count). The van der Waals surface area contributed by atoms with Gasteiger partial charge in [0, 0.05) is 42.7 Å². The Balaban J connectivity index is 1.33. The summed E-state index contributed by atoms with van der Waals surface area (Å²) in [5.41, 5.74) is 2.99. The molecule has 0 spiro atoms. The van der Waals surface area contributed by atoms with Gasteiger partial charge in [0.1, 0.15) is 11.5 Å². The van der Waals surface area contributed by atoms with Gasteiger partial charge in [0.2, 0.25) is 5.91 Å². The number of benzene rings is 4. The van der Waals surface area contributed by atoms with Crippen molar-refractivity contribution in [1.29, 1.82) is 0 Å². The van der Waals surface area contributed by atoms with Crippen LogP contribution in [0.25, 0.3) is 21.7 Å². The van der Waals surface area contributed by atoms with Gasteiger partial charge in [-0.3, -0.25) is 9.59 Å². The van der Waals surface area contributed by atoms with Crippen LogP contribution in [0, 0.1) is 0 Å². The summed E-state index contributed by atoms with van der Waals surface area (Å²) in [4.78, 5) is 30.9. The highest BCUT2D eigenvalue weighted by Crippen LogP contribution is 2.23. The van der Waals surface area contributed by atoms with Crippen molar-refractivity contribution >= 4 is 33.5 Å². The molecule has 0 aliphatic heterocycles. The average Bonchev–Trinajstić information content (AvgIpc) is 3.38. The molecule has 0 saturated carbocycles. The largest absolute Gasteiger partial charge is 0.496 e. The van der Waals surface area contributed by atoms with Crippen molar-refractivity contribution in [2.24, 2.45) is 0 Å². The zero-order chi connectivity index (χ0) is 27.9. The summed E-state index contributed by atoms with van der Waals surface area (Å²) in [7, 11) is 1.62. The Hall–Kier alpha value is -4.78. The van der Waals surface area contributed by atoms with E-state index in [9.17, 15) is 9.59 Å². The third kappa shape index (κ3) is 6.43. The van der Waals surface area contributed by atoms with E-state index in [2.05, 4.69) is 16.4 Å². The molecule has 1 heterocycles. The van der Waals surface area contributed by atoms with Crippen molar-refractivity contribution in [1.82, 2.24) is 15.2 Å². The number of methoxy groups -OCH3 is 1. The highest BCUT2D eigenvalue weighted by molar-refractivity contribution is 5.85. The highest BCUT2D eigenvalue weighted by Gasteiger charge is 2.22. The number of nitrogens with one attached hydrogen (secondary N) is 2. The molecule has 5 aromatic rings. The van der Waals surface area contributed by atoms with Gasteiger partial charge in [0.05, 0.1) is 13.2 Å². The molecule has 0 saturated heterocycles. The van der Waals surface area contributed by atoms with Crippen molar-refractivity contribution in [2.45, 2.75) is 25.9 Å². The zero-order valence-corrected chi connectivity index (χ0v) is 22.7. The number of ether oxygens (including phenoxy) is 2. The molecule has 7 nitrogen and oxygen atoms in total. The number of nitrogens with zero attached hydrogens (tertiary/aromatic N) is 1. The Labute approximate surface area is 233 Å². The number of aromatic nitrogens is 1. The van der Waals surface area contributed by atoms with Gasteiger partial charge in [-0.15, -0.1) is 0 Å². The third-order valence-corrected chi connectivity index (χ3v) is 7.04. The van der Waals surface area contributed by atoms with Crippen LogP contribution in [-0.2, 0) is 22.6 Å². The molecule has 40 heavy (non-hydrogen) atoms. The lowest BCUT2D eigenvalue weighted by atomic mass is 10.0. The van der Waals surface area contributed by atoms with Gasteiger partial charge >= 0.3 is 0 Å². The van der Waals surface area contributed by atoms with Gasteiger partial charge in [-0.1, -0.05) is 66.7 Å². The van der Waals surface area contributed by atoms with Crippen LogP contribution in [0.3, 0.4) is 0 Å². The standard InChI is InChI=1S/C33H33N3O4/c1-23(37)36(20-26-11-5-8-14-32(26)39-2)21-28(17-27-19-34-31-13-7-6-12-30(27)31)35-33(38)22-40-29-16-15-24-9-3-4-10-25(24)18-29/h3-16,18-19,28,34H,17,20-22H2,1-2H3,(H,35,38)/t28-/m1/s1. The first kappa shape index (κ1) is 26.8. The molecular weight excluding hydrogens is 502 g/mol. The van der Waals surface area contributed by atoms with E-state index in [1.54, 1.807) is 18.9 Å². The predicted octanol–water partition coefficient (Wildman–Crippen LogP) is 5.48. The molecule has 1 aromatic heterocycles. The maximum Gasteiger partial charge on any atom is 0.258 e. The van der Waals surface area contributed by atoms with Crippen LogP contribution in [0.4, 0.5) is 0 Å². The predicted molar refractivity (Wildman–Crippen MR) is 157 cm³/mol. The van der Waals surface area contributed by atoms with E-state index < -0.39 is 0 Å². The Morgan fingerprint density at radius 2 is 1.65 bits per heavy atom. The first-order chi connectivity index (χ1) is 19.5. The van der Waals surface area contributed by atoms with Crippen molar-refractivity contribution in [2.75, 3.05) is 20.3 Å². The van der Waals surface area contributed by atoms with Crippen LogP contribution in [0.1, 0.15) is 18.1 Å². The molecule has 0 aliphatic rings. The van der Waals surface area contributed by atoms with E-state index >= 15 is 0 Å². The van der Waals surface area contributed by atoms with Crippen molar-refractivity contribution in [3.8, 4) is 11.5 Å². The first-order valence-electron chi connectivity index (χ1n) is 13.3. The summed E-state index contributed by atoms with van der Waals surface area (Å²) in [5, 5.41) is 6.37. The lowest BCUT2D eigenvalue weighted by molar-refractivity contribution is -0.131. The maximum absolute atomic E-state index is 13.1. The number of aromatic amines is 1. The highest BCUT2D eigenvalue weighted by atomic mass is 16.5. The molecule has 2 amide bonds. The second kappa shape index (κ2) is 12.4. The number of H-pyrrole nitrogens is 1. The molecule has 1 atom stereocenters. The van der Waals surface area contributed by atoms with Crippen LogP contribution in [0.15, 0.2) is 97.2 Å². The topological polar surface area (TPSA) is 83.7 Å². The lowest BCUT2D eigenvalue weighted by Gasteiger charge is -2.28. The minimum atomic E-state index is -0.342. The van der Waals surface area contributed by atoms with Gasteiger partial charge < -0.3 is 24.7 Å². The van der Waals surface area contributed by atoms with Crippen molar-refractivity contribution < 1.29 is 19.1 Å². The number of carbonyl (C=O) groups is 2. The smallest absolute Gasteiger partial charge is 0.258 e. The van der Waals surface area contributed by atoms with Crippen molar-refractivity contribution in [3.05, 3.63) is 108 Å². The van der Waals surface area contributed by atoms with Gasteiger partial charge in [0.15, 0.2) is 6.61 Å². The Morgan fingerprint density at radius 1 is 0.900 bits per heavy atom. The second-order valence-corrected chi connectivity index (χ2v) is 9.84. The molecule has 2 N–H and O–H groups in total. The number of carbonyl (C=O) groups excluding carboxylic acids is 2. The molecule has 204 valence electrons. The summed E-state index contributed by atoms with van der Waals surface area (Å²) in [6, 6.07) is 29.1. The van der Waals surface area contributed by atoms with Crippen LogP contribution in [0.5, 0.6) is 11.5 Å². The summed E-state index contributed by atoms with van der Waals surface area (Å²) < 4.78 is 11.3. The fraction of sp³-hybridized carbons (Fsp3) is 0.212. The summed E-state index contributed by atoms with van der Waals surface area (Å²) in [6.45, 7) is 2.11. The molecule has 0 bridgehead atoms. The first-order valence-corrected chi connectivity index (χ1v) is 13.3. The molecular formula is C33H33N3O4. The summed E-state index contributed by atoms with van der Waals surface area (Å²) >= 11 is 0. The number of para-hydroxylation sites is 2. The Morgan fingerprint density at radius 3 is 2.48 bits per heavy atom. The molecule has 0 radical (unpaired) electrons. The van der Waals surface area contributed by atoms with Crippen LogP contribution >= 0.6 is 0 Å². The molecule has 4 aromatic carbocycles. The number of hydrogen-bond donors (Lipinski definition) is 2. The average molecular weight is 536 g/mol. The van der Waals surface area contributed by atoms with Crippen LogP contribution < -0.4 is 14.8 Å². The second-order valence-electron chi connectivity index (χ2n) is 9.84. The summed E-state index contributed by atoms with van der Waals surface area (Å²) in [6.07, 6.45) is 2.51. The van der Waals surface area contributed by atoms with E-state index in [-0.39, 0.29) is 24.5 Å². The van der Waals surface area contributed by atoms with E-state index in [1.165, 1.54) is 0 Å². The maximum atomic E-state index is 13.1. The van der Waals surface area contributed by atoms with Crippen LogP contribution in [0.2, 0.25) is 0 Å². The SMILES string of the molecule is COc1ccccc1CN(C[C@@H](Cc1c[nH]c2ccccc12)NC(=O)COc1ccc2ccccc2c1)C(C)=O. The van der Waals surface area contributed by atoms with E-state index in [1.807, 2.05) is 91.1 Å². The fourth-order valence-corrected chi connectivity index (χ4v) is 5.01. The zero-order valence-electron chi connectivity index (χ0n) is 22.7. The van der Waals surface area contributed by atoms with Crippen LogP contribution in [-0.4, -0.2) is 48.0 Å². The normalized spacial score (nSPS) is 11.8. The minimum Gasteiger partial charge on any atom is -0.496 e. The number of amides is 2. The molecule has 0 aliphatic carbocycles. The van der Waals surface area contributed by atoms with Gasteiger partial charge in [0.25, 0.3) is 5.91 Å². The van der Waals surface area contributed by atoms with E-state index in [0.29, 0.717) is 25.3 Å². The number of fused-ring (bicyclic) bond motifs is 2. The van der Waals surface area contributed by atoms with E-state index in [0.717, 1.165) is 38.6 Å². The number of rotatable bonds is 11.